The summed E-state index contributed by atoms with van der Waals surface area (Å²) < 4.78 is 2.30. The standard InChI is InChI=1S/C31H20IN/c32-33-27-18-10-8-16-24(27)30-28(33)20-19-26-29(30)23-15-7-9-17-25(23)31(26,21-11-3-1-4-12-21)22-13-5-2-6-14-22/h1-20H. The molecule has 7 rings (SSSR count). The second-order valence-corrected chi connectivity index (χ2v) is 9.67. The summed E-state index contributed by atoms with van der Waals surface area (Å²) in [5.41, 5.74) is 10.2. The number of para-hydroxylation sites is 1. The zero-order valence-corrected chi connectivity index (χ0v) is 20.0. The highest BCUT2D eigenvalue weighted by Crippen LogP contribution is 2.58. The van der Waals surface area contributed by atoms with E-state index in [-0.39, 0.29) is 5.41 Å². The van der Waals surface area contributed by atoms with Crippen LogP contribution in [-0.2, 0) is 5.41 Å². The molecule has 0 spiro atoms. The Labute approximate surface area is 206 Å². The van der Waals surface area contributed by atoms with Gasteiger partial charge in [0.1, 0.15) is 0 Å². The fourth-order valence-corrected chi connectivity index (χ4v) is 6.77. The van der Waals surface area contributed by atoms with Crippen molar-refractivity contribution in [2.75, 3.05) is 0 Å². The molecule has 0 unspecified atom stereocenters. The van der Waals surface area contributed by atoms with Gasteiger partial charge in [-0.2, -0.15) is 0 Å². The first-order valence-corrected chi connectivity index (χ1v) is 12.2. The van der Waals surface area contributed by atoms with E-state index in [2.05, 4.69) is 147 Å². The number of fused-ring (bicyclic) bond motifs is 7. The number of hydrogen-bond acceptors (Lipinski definition) is 0. The molecule has 0 fully saturated rings. The van der Waals surface area contributed by atoms with E-state index < -0.39 is 0 Å². The Kier molecular flexibility index (Phi) is 4.09. The van der Waals surface area contributed by atoms with Crippen molar-refractivity contribution in [3.8, 4) is 11.1 Å². The normalized spacial score (nSPS) is 13.8. The van der Waals surface area contributed by atoms with Crippen LogP contribution >= 0.6 is 22.9 Å². The SMILES string of the molecule is In1c2ccccc2c2c3c(ccc21)C(c1ccccc1)(c1ccccc1)c1ccccc1-3. The Morgan fingerprint density at radius 2 is 1.12 bits per heavy atom. The van der Waals surface area contributed by atoms with Gasteiger partial charge in [-0.15, -0.1) is 0 Å². The molecule has 0 saturated carbocycles. The quantitative estimate of drug-likeness (QED) is 0.197. The molecule has 1 aliphatic carbocycles. The Morgan fingerprint density at radius 1 is 0.515 bits per heavy atom. The summed E-state index contributed by atoms with van der Waals surface area (Å²) in [7, 11) is 0. The van der Waals surface area contributed by atoms with Gasteiger partial charge in [-0.3, -0.25) is 2.78 Å². The van der Waals surface area contributed by atoms with Crippen molar-refractivity contribution in [2.45, 2.75) is 5.41 Å². The number of rotatable bonds is 2. The minimum absolute atomic E-state index is 0.350. The fourth-order valence-electron chi connectivity index (χ4n) is 5.94. The van der Waals surface area contributed by atoms with Crippen LogP contribution in [0.15, 0.2) is 121 Å². The van der Waals surface area contributed by atoms with Crippen LogP contribution < -0.4 is 0 Å². The van der Waals surface area contributed by atoms with Crippen molar-refractivity contribution in [3.05, 3.63) is 144 Å². The molecule has 1 aromatic heterocycles. The van der Waals surface area contributed by atoms with Gasteiger partial charge >= 0.3 is 0 Å². The third-order valence-corrected chi connectivity index (χ3v) is 8.24. The van der Waals surface area contributed by atoms with Crippen LogP contribution in [0.1, 0.15) is 22.3 Å². The number of nitrogens with zero attached hydrogens (tertiary/aromatic N) is 1. The summed E-state index contributed by atoms with van der Waals surface area (Å²) in [6.07, 6.45) is 0. The van der Waals surface area contributed by atoms with E-state index in [1.807, 2.05) is 0 Å². The maximum absolute atomic E-state index is 2.45. The molecule has 0 radical (unpaired) electrons. The first-order valence-electron chi connectivity index (χ1n) is 11.3. The highest BCUT2D eigenvalue weighted by molar-refractivity contribution is 14.1. The summed E-state index contributed by atoms with van der Waals surface area (Å²) in [6, 6.07) is 44.4. The highest BCUT2D eigenvalue weighted by atomic mass is 127. The molecular weight excluding hydrogens is 513 g/mol. The average Bonchev–Trinajstić information content (AvgIpc) is 3.35. The van der Waals surface area contributed by atoms with Crippen molar-refractivity contribution >= 4 is 44.7 Å². The molecule has 0 saturated heterocycles. The first kappa shape index (κ1) is 19.1. The lowest BCUT2D eigenvalue weighted by atomic mass is 9.67. The highest BCUT2D eigenvalue weighted by Gasteiger charge is 2.46. The van der Waals surface area contributed by atoms with Crippen LogP contribution in [0.25, 0.3) is 32.9 Å². The molecule has 0 aliphatic heterocycles. The fraction of sp³-hybridized carbons (Fsp3) is 0.0323. The van der Waals surface area contributed by atoms with E-state index in [1.54, 1.807) is 0 Å². The van der Waals surface area contributed by atoms with Crippen LogP contribution in [0.5, 0.6) is 0 Å². The largest absolute Gasteiger partial charge is 0.282 e. The topological polar surface area (TPSA) is 4.93 Å². The molecule has 1 aliphatic rings. The second-order valence-electron chi connectivity index (χ2n) is 8.71. The molecule has 6 aromatic rings. The summed E-state index contributed by atoms with van der Waals surface area (Å²) in [4.78, 5) is 0. The van der Waals surface area contributed by atoms with Gasteiger partial charge in [-0.1, -0.05) is 109 Å². The molecule has 1 heterocycles. The number of benzene rings is 5. The van der Waals surface area contributed by atoms with Crippen LogP contribution in [0.4, 0.5) is 0 Å². The molecule has 0 atom stereocenters. The lowest BCUT2D eigenvalue weighted by molar-refractivity contribution is 0.769. The van der Waals surface area contributed by atoms with E-state index in [9.17, 15) is 0 Å². The van der Waals surface area contributed by atoms with Crippen molar-refractivity contribution < 1.29 is 0 Å². The summed E-state index contributed by atoms with van der Waals surface area (Å²) in [5, 5.41) is 2.66. The predicted molar refractivity (Wildman–Crippen MR) is 146 cm³/mol. The van der Waals surface area contributed by atoms with Gasteiger partial charge in [0, 0.05) is 10.8 Å². The minimum atomic E-state index is -0.350. The van der Waals surface area contributed by atoms with Crippen LogP contribution in [0.3, 0.4) is 0 Å². The van der Waals surface area contributed by atoms with Crippen molar-refractivity contribution in [1.82, 2.24) is 2.78 Å². The number of aromatic nitrogens is 1. The Balaban J connectivity index is 1.74. The van der Waals surface area contributed by atoms with Gasteiger partial charge in [-0.05, 0) is 45.5 Å². The maximum atomic E-state index is 2.45. The second kappa shape index (κ2) is 7.06. The van der Waals surface area contributed by atoms with Crippen molar-refractivity contribution in [1.29, 1.82) is 0 Å². The van der Waals surface area contributed by atoms with E-state index in [1.165, 1.54) is 55.2 Å². The minimum Gasteiger partial charge on any atom is -0.282 e. The smallest absolute Gasteiger partial charge is 0.0713 e. The van der Waals surface area contributed by atoms with Gasteiger partial charge < -0.3 is 0 Å². The number of hydrogen-bond donors (Lipinski definition) is 0. The summed E-state index contributed by atoms with van der Waals surface area (Å²) in [5.74, 6) is 0. The van der Waals surface area contributed by atoms with E-state index >= 15 is 0 Å². The number of halogens is 1. The van der Waals surface area contributed by atoms with Crippen LogP contribution in [-0.4, -0.2) is 2.78 Å². The molecular formula is C31H20IN. The zero-order chi connectivity index (χ0) is 22.0. The third-order valence-electron chi connectivity index (χ3n) is 7.20. The zero-order valence-electron chi connectivity index (χ0n) is 17.9. The molecule has 5 aromatic carbocycles. The van der Waals surface area contributed by atoms with Crippen molar-refractivity contribution in [3.63, 3.8) is 0 Å². The van der Waals surface area contributed by atoms with E-state index in [4.69, 9.17) is 0 Å². The molecule has 33 heavy (non-hydrogen) atoms. The van der Waals surface area contributed by atoms with Gasteiger partial charge in [0.15, 0.2) is 0 Å². The van der Waals surface area contributed by atoms with E-state index in [0.29, 0.717) is 0 Å². The van der Waals surface area contributed by atoms with Crippen molar-refractivity contribution in [2.24, 2.45) is 0 Å². The summed E-state index contributed by atoms with van der Waals surface area (Å²) >= 11 is 2.45. The monoisotopic (exact) mass is 533 g/mol. The molecule has 2 heteroatoms. The lowest BCUT2D eigenvalue weighted by Crippen LogP contribution is -2.28. The lowest BCUT2D eigenvalue weighted by Gasteiger charge is -2.33. The van der Waals surface area contributed by atoms with Gasteiger partial charge in [0.05, 0.1) is 39.3 Å². The van der Waals surface area contributed by atoms with Gasteiger partial charge in [0.2, 0.25) is 0 Å². The van der Waals surface area contributed by atoms with Crippen LogP contribution in [0, 0.1) is 0 Å². The Hall–Kier alpha value is -3.37. The van der Waals surface area contributed by atoms with Gasteiger partial charge in [-0.25, -0.2) is 0 Å². The third kappa shape index (κ3) is 2.42. The molecule has 0 N–H and O–H groups in total. The first-order chi connectivity index (χ1) is 16.3. The Bertz CT molecular complexity index is 1620. The van der Waals surface area contributed by atoms with E-state index in [0.717, 1.165) is 0 Å². The summed E-state index contributed by atoms with van der Waals surface area (Å²) in [6.45, 7) is 0. The Morgan fingerprint density at radius 3 is 1.85 bits per heavy atom. The molecule has 156 valence electrons. The predicted octanol–water partition coefficient (Wildman–Crippen LogP) is 8.36. The molecule has 0 amide bonds. The average molecular weight is 533 g/mol. The molecule has 0 bridgehead atoms. The molecule has 1 nitrogen and oxygen atoms in total. The maximum Gasteiger partial charge on any atom is 0.0713 e. The van der Waals surface area contributed by atoms with Crippen LogP contribution in [0.2, 0.25) is 0 Å². The van der Waals surface area contributed by atoms with Gasteiger partial charge in [0.25, 0.3) is 0 Å².